The van der Waals surface area contributed by atoms with Gasteiger partial charge in [0.25, 0.3) is 0 Å². The third-order valence-electron chi connectivity index (χ3n) is 3.47. The van der Waals surface area contributed by atoms with Crippen LogP contribution in [0, 0.1) is 6.92 Å². The predicted molar refractivity (Wildman–Crippen MR) is 112 cm³/mol. The van der Waals surface area contributed by atoms with Crippen molar-refractivity contribution in [3.8, 4) is 0 Å². The minimum Gasteiger partial charge on any atom is -0.357 e. The Morgan fingerprint density at radius 2 is 1.92 bits per heavy atom. The Morgan fingerprint density at radius 1 is 1.17 bits per heavy atom. The first-order chi connectivity index (χ1) is 11.2. The Hall–Kier alpha value is -1.34. The van der Waals surface area contributed by atoms with Crippen molar-refractivity contribution in [2.45, 2.75) is 26.8 Å². The van der Waals surface area contributed by atoms with Crippen LogP contribution in [-0.4, -0.2) is 24.0 Å². The Labute approximate surface area is 166 Å². The van der Waals surface area contributed by atoms with Crippen LogP contribution in [0.2, 0.25) is 5.02 Å². The van der Waals surface area contributed by atoms with Crippen LogP contribution < -0.4 is 10.6 Å². The molecule has 0 fully saturated rings. The third-order valence-corrected chi connectivity index (χ3v) is 3.72. The van der Waals surface area contributed by atoms with E-state index in [4.69, 9.17) is 11.6 Å². The van der Waals surface area contributed by atoms with Crippen LogP contribution >= 0.6 is 35.6 Å². The molecule has 0 bridgehead atoms. The maximum absolute atomic E-state index is 5.90. The van der Waals surface area contributed by atoms with Crippen molar-refractivity contribution in [1.29, 1.82) is 0 Å². The molecule has 0 atom stereocenters. The number of nitrogens with zero attached hydrogens (tertiary/aromatic N) is 2. The average molecular weight is 459 g/mol. The largest absolute Gasteiger partial charge is 0.357 e. The van der Waals surface area contributed by atoms with E-state index in [1.165, 1.54) is 5.56 Å². The smallest absolute Gasteiger partial charge is 0.191 e. The van der Waals surface area contributed by atoms with Crippen molar-refractivity contribution < 1.29 is 0 Å². The minimum absolute atomic E-state index is 0. The number of hydrogen-bond donors (Lipinski definition) is 2. The van der Waals surface area contributed by atoms with Crippen LogP contribution in [0.1, 0.15) is 23.7 Å². The molecule has 0 radical (unpaired) electrons. The van der Waals surface area contributed by atoms with Crippen LogP contribution in [0.4, 0.5) is 0 Å². The van der Waals surface area contributed by atoms with E-state index in [1.807, 2.05) is 30.3 Å². The van der Waals surface area contributed by atoms with Gasteiger partial charge in [-0.05, 0) is 49.6 Å². The van der Waals surface area contributed by atoms with E-state index in [-0.39, 0.29) is 24.0 Å². The van der Waals surface area contributed by atoms with Crippen molar-refractivity contribution in [2.24, 2.45) is 4.99 Å². The van der Waals surface area contributed by atoms with Gasteiger partial charge in [0.1, 0.15) is 0 Å². The highest BCUT2D eigenvalue weighted by Gasteiger charge is 2.01. The molecule has 1 heterocycles. The topological polar surface area (TPSA) is 49.3 Å². The molecule has 2 aromatic rings. The molecule has 0 aliphatic rings. The molecule has 1 aromatic heterocycles. The monoisotopic (exact) mass is 458 g/mol. The van der Waals surface area contributed by atoms with E-state index in [0.29, 0.717) is 6.54 Å². The highest BCUT2D eigenvalue weighted by atomic mass is 127. The number of halogens is 2. The second-order valence-corrected chi connectivity index (χ2v) is 5.70. The van der Waals surface area contributed by atoms with Gasteiger partial charge >= 0.3 is 0 Å². The van der Waals surface area contributed by atoms with Gasteiger partial charge in [0.15, 0.2) is 5.96 Å². The normalized spacial score (nSPS) is 10.9. The Morgan fingerprint density at radius 3 is 2.58 bits per heavy atom. The van der Waals surface area contributed by atoms with Crippen LogP contribution in [0.5, 0.6) is 0 Å². The summed E-state index contributed by atoms with van der Waals surface area (Å²) in [5.41, 5.74) is 3.41. The molecule has 24 heavy (non-hydrogen) atoms. The SMILES string of the molecule is CCNC(=NCc1ncccc1C)NCCc1ccc(Cl)cc1.I. The van der Waals surface area contributed by atoms with E-state index < -0.39 is 0 Å². The predicted octanol–water partition coefficient (Wildman–Crippen LogP) is 3.96. The lowest BCUT2D eigenvalue weighted by Gasteiger charge is -2.11. The molecule has 0 aliphatic heterocycles. The molecule has 0 amide bonds. The van der Waals surface area contributed by atoms with Crippen LogP contribution in [-0.2, 0) is 13.0 Å². The number of guanidine groups is 1. The summed E-state index contributed by atoms with van der Waals surface area (Å²) >= 11 is 5.90. The molecule has 0 aliphatic carbocycles. The maximum atomic E-state index is 5.90. The quantitative estimate of drug-likeness (QED) is 0.391. The summed E-state index contributed by atoms with van der Waals surface area (Å²) in [5, 5.41) is 7.38. The number of aliphatic imine (C=N–C) groups is 1. The summed E-state index contributed by atoms with van der Waals surface area (Å²) in [4.78, 5) is 8.97. The molecule has 0 saturated heterocycles. The van der Waals surface area contributed by atoms with Crippen molar-refractivity contribution in [3.05, 3.63) is 64.4 Å². The van der Waals surface area contributed by atoms with Gasteiger partial charge in [0.2, 0.25) is 0 Å². The lowest BCUT2D eigenvalue weighted by atomic mass is 10.1. The lowest BCUT2D eigenvalue weighted by molar-refractivity contribution is 0.796. The van der Waals surface area contributed by atoms with Gasteiger partial charge in [-0.1, -0.05) is 29.8 Å². The molecule has 2 N–H and O–H groups in total. The summed E-state index contributed by atoms with van der Waals surface area (Å²) < 4.78 is 0. The molecule has 6 heteroatoms. The molecule has 0 spiro atoms. The lowest BCUT2D eigenvalue weighted by Crippen LogP contribution is -2.38. The molecular formula is C18H24ClIN4. The summed E-state index contributed by atoms with van der Waals surface area (Å²) in [6.07, 6.45) is 2.73. The summed E-state index contributed by atoms with van der Waals surface area (Å²) in [6.45, 7) is 6.33. The van der Waals surface area contributed by atoms with Gasteiger partial charge < -0.3 is 10.6 Å². The zero-order valence-corrected chi connectivity index (χ0v) is 17.1. The Balaban J connectivity index is 0.00000288. The zero-order valence-electron chi connectivity index (χ0n) is 14.1. The van der Waals surface area contributed by atoms with Crippen molar-refractivity contribution in [3.63, 3.8) is 0 Å². The first kappa shape index (κ1) is 20.7. The standard InChI is InChI=1S/C18H23ClN4.HI/c1-3-20-18(23-13-17-14(2)5-4-11-21-17)22-12-10-15-6-8-16(19)9-7-15;/h4-9,11H,3,10,12-13H2,1-2H3,(H2,20,22,23);1H. The number of rotatable bonds is 6. The molecule has 2 rings (SSSR count). The van der Waals surface area contributed by atoms with Gasteiger partial charge in [-0.15, -0.1) is 24.0 Å². The van der Waals surface area contributed by atoms with E-state index in [2.05, 4.69) is 40.5 Å². The average Bonchev–Trinajstić information content (AvgIpc) is 2.56. The summed E-state index contributed by atoms with van der Waals surface area (Å²) in [5.74, 6) is 0.812. The number of nitrogens with one attached hydrogen (secondary N) is 2. The van der Waals surface area contributed by atoms with Gasteiger partial charge in [0.05, 0.1) is 12.2 Å². The van der Waals surface area contributed by atoms with E-state index in [9.17, 15) is 0 Å². The molecule has 130 valence electrons. The summed E-state index contributed by atoms with van der Waals surface area (Å²) in [6, 6.07) is 11.9. The number of benzene rings is 1. The van der Waals surface area contributed by atoms with Crippen molar-refractivity contribution in [2.75, 3.05) is 13.1 Å². The third kappa shape index (κ3) is 7.05. The number of hydrogen-bond acceptors (Lipinski definition) is 2. The molecule has 1 aromatic carbocycles. The first-order valence-electron chi connectivity index (χ1n) is 7.86. The first-order valence-corrected chi connectivity index (χ1v) is 8.24. The molecule has 4 nitrogen and oxygen atoms in total. The van der Waals surface area contributed by atoms with E-state index >= 15 is 0 Å². The fourth-order valence-corrected chi connectivity index (χ4v) is 2.28. The number of aromatic nitrogens is 1. The zero-order chi connectivity index (χ0) is 16.5. The number of pyridine rings is 1. The van der Waals surface area contributed by atoms with E-state index in [0.717, 1.165) is 41.7 Å². The second kappa shape index (κ2) is 11.3. The van der Waals surface area contributed by atoms with Crippen LogP contribution in [0.25, 0.3) is 0 Å². The van der Waals surface area contributed by atoms with Crippen molar-refractivity contribution >= 4 is 41.5 Å². The fourth-order valence-electron chi connectivity index (χ4n) is 2.16. The van der Waals surface area contributed by atoms with Crippen LogP contribution in [0.15, 0.2) is 47.6 Å². The molecule has 0 saturated carbocycles. The fraction of sp³-hybridized carbons (Fsp3) is 0.333. The Kier molecular flexibility index (Phi) is 9.71. The van der Waals surface area contributed by atoms with Gasteiger partial charge in [-0.2, -0.15) is 0 Å². The van der Waals surface area contributed by atoms with Crippen molar-refractivity contribution in [1.82, 2.24) is 15.6 Å². The highest BCUT2D eigenvalue weighted by Crippen LogP contribution is 2.09. The number of aryl methyl sites for hydroxylation is 1. The van der Waals surface area contributed by atoms with E-state index in [1.54, 1.807) is 6.20 Å². The van der Waals surface area contributed by atoms with Gasteiger partial charge in [-0.3, -0.25) is 4.98 Å². The highest BCUT2D eigenvalue weighted by molar-refractivity contribution is 14.0. The van der Waals surface area contributed by atoms with Crippen LogP contribution in [0.3, 0.4) is 0 Å². The summed E-state index contributed by atoms with van der Waals surface area (Å²) in [7, 11) is 0. The maximum Gasteiger partial charge on any atom is 0.191 e. The Bertz CT molecular complexity index is 644. The molecule has 0 unspecified atom stereocenters. The molecular weight excluding hydrogens is 435 g/mol. The van der Waals surface area contributed by atoms with Gasteiger partial charge in [-0.25, -0.2) is 4.99 Å². The minimum atomic E-state index is 0. The second-order valence-electron chi connectivity index (χ2n) is 5.27. The van der Waals surface area contributed by atoms with Gasteiger partial charge in [0, 0.05) is 24.3 Å².